The fourth-order valence-electron chi connectivity index (χ4n) is 5.44. The summed E-state index contributed by atoms with van der Waals surface area (Å²) in [5.41, 5.74) is 1.66. The van der Waals surface area contributed by atoms with Crippen LogP contribution in [0.1, 0.15) is 59.8 Å². The van der Waals surface area contributed by atoms with E-state index in [0.29, 0.717) is 23.4 Å². The van der Waals surface area contributed by atoms with Crippen LogP contribution < -0.4 is 14.8 Å². The van der Waals surface area contributed by atoms with Gasteiger partial charge >= 0.3 is 11.9 Å². The number of nitrogens with zero attached hydrogens (tertiary/aromatic N) is 1. The molecule has 1 amide bonds. The summed E-state index contributed by atoms with van der Waals surface area (Å²) in [5.74, 6) is -1.54. The molecule has 2 aromatic carbocycles. The Balaban J connectivity index is 1.61. The highest BCUT2D eigenvalue weighted by atomic mass is 16.6. The molecule has 1 N–H and O–H groups in total. The van der Waals surface area contributed by atoms with Crippen LogP contribution in [0.2, 0.25) is 0 Å². The molecule has 230 valence electrons. The summed E-state index contributed by atoms with van der Waals surface area (Å²) in [7, 11) is 2.91. The monoisotopic (exact) mass is 590 g/mol. The first-order chi connectivity index (χ1) is 20.5. The lowest BCUT2D eigenvalue weighted by molar-refractivity contribution is -0.159. The maximum Gasteiger partial charge on any atom is 0.329 e. The number of hydrogen-bond donors (Lipinski definition) is 1. The van der Waals surface area contributed by atoms with E-state index in [9.17, 15) is 14.4 Å². The maximum absolute atomic E-state index is 13.6. The van der Waals surface area contributed by atoms with Gasteiger partial charge in [0.1, 0.15) is 29.2 Å². The first-order valence-electron chi connectivity index (χ1n) is 14.8. The molecule has 9 heteroatoms. The quantitative estimate of drug-likeness (QED) is 0.276. The van der Waals surface area contributed by atoms with Crippen molar-refractivity contribution in [3.05, 3.63) is 54.6 Å². The summed E-state index contributed by atoms with van der Waals surface area (Å²) < 4.78 is 22.6. The lowest BCUT2D eigenvalue weighted by Gasteiger charge is -2.26. The van der Waals surface area contributed by atoms with E-state index in [-0.39, 0.29) is 18.7 Å². The molecule has 0 saturated heterocycles. The zero-order valence-corrected chi connectivity index (χ0v) is 25.8. The van der Waals surface area contributed by atoms with Gasteiger partial charge in [-0.05, 0) is 52.2 Å². The SMILES string of the molecule is CCCC[C@H](NC(=O)[C@@H]1C[C@@H](Oc2cc(-c3ccccc3)nc3cc(OC)ccc23)C[C@H]1C(=O)OC)C(=O)OC(C)(C)C. The van der Waals surface area contributed by atoms with Gasteiger partial charge in [0.25, 0.3) is 0 Å². The molecule has 43 heavy (non-hydrogen) atoms. The minimum Gasteiger partial charge on any atom is -0.497 e. The maximum atomic E-state index is 13.6. The van der Waals surface area contributed by atoms with Crippen molar-refractivity contribution in [3.8, 4) is 22.8 Å². The molecule has 0 bridgehead atoms. The predicted molar refractivity (Wildman–Crippen MR) is 164 cm³/mol. The molecule has 1 aliphatic rings. The second-order valence-electron chi connectivity index (χ2n) is 11.9. The average Bonchev–Trinajstić information content (AvgIpc) is 3.41. The number of nitrogens with one attached hydrogen (secondary N) is 1. The fourth-order valence-corrected chi connectivity index (χ4v) is 5.44. The number of carbonyl (C=O) groups excluding carboxylic acids is 3. The zero-order chi connectivity index (χ0) is 31.1. The van der Waals surface area contributed by atoms with Crippen molar-refractivity contribution in [1.82, 2.24) is 10.3 Å². The molecule has 9 nitrogen and oxygen atoms in total. The number of rotatable bonds is 11. The van der Waals surface area contributed by atoms with Crippen molar-refractivity contribution in [1.29, 1.82) is 0 Å². The first kappa shape index (κ1) is 31.8. The molecule has 1 aromatic heterocycles. The van der Waals surface area contributed by atoms with E-state index in [0.717, 1.165) is 29.5 Å². The Kier molecular flexibility index (Phi) is 10.3. The first-order valence-corrected chi connectivity index (χ1v) is 14.8. The molecule has 4 atom stereocenters. The lowest BCUT2D eigenvalue weighted by Crippen LogP contribution is -2.47. The van der Waals surface area contributed by atoms with E-state index < -0.39 is 41.5 Å². The third-order valence-electron chi connectivity index (χ3n) is 7.56. The number of hydrogen-bond acceptors (Lipinski definition) is 8. The topological polar surface area (TPSA) is 113 Å². The number of carbonyl (C=O) groups is 3. The lowest BCUT2D eigenvalue weighted by atomic mass is 9.94. The Bertz CT molecular complexity index is 1430. The van der Waals surface area contributed by atoms with Crippen LogP contribution in [0.4, 0.5) is 0 Å². The van der Waals surface area contributed by atoms with Crippen LogP contribution in [0.5, 0.6) is 11.5 Å². The van der Waals surface area contributed by atoms with E-state index in [2.05, 4.69) is 5.32 Å². The summed E-state index contributed by atoms with van der Waals surface area (Å²) in [5, 5.41) is 3.67. The second-order valence-corrected chi connectivity index (χ2v) is 11.9. The van der Waals surface area contributed by atoms with E-state index in [1.54, 1.807) is 27.9 Å². The number of unbranched alkanes of at least 4 members (excludes halogenated alkanes) is 1. The molecule has 1 heterocycles. The van der Waals surface area contributed by atoms with Gasteiger partial charge in [-0.15, -0.1) is 0 Å². The van der Waals surface area contributed by atoms with E-state index >= 15 is 0 Å². The van der Waals surface area contributed by atoms with Crippen LogP contribution >= 0.6 is 0 Å². The molecule has 0 spiro atoms. The summed E-state index contributed by atoms with van der Waals surface area (Å²) in [6, 6.07) is 16.4. The number of fused-ring (bicyclic) bond motifs is 1. The molecular formula is C34H42N2O7. The second kappa shape index (κ2) is 13.9. The highest BCUT2D eigenvalue weighted by molar-refractivity contribution is 5.90. The van der Waals surface area contributed by atoms with Gasteiger partial charge in [0.05, 0.1) is 37.3 Å². The van der Waals surface area contributed by atoms with Crippen LogP contribution in [-0.4, -0.2) is 54.8 Å². The fraction of sp³-hybridized carbons (Fsp3) is 0.471. The smallest absolute Gasteiger partial charge is 0.329 e. The Hall–Kier alpha value is -4.14. The molecule has 3 aromatic rings. The predicted octanol–water partition coefficient (Wildman–Crippen LogP) is 5.87. The summed E-state index contributed by atoms with van der Waals surface area (Å²) in [6.07, 6.45) is 2.16. The van der Waals surface area contributed by atoms with E-state index in [1.165, 1.54) is 7.11 Å². The molecule has 1 aliphatic carbocycles. The van der Waals surface area contributed by atoms with Crippen molar-refractivity contribution in [2.75, 3.05) is 14.2 Å². The van der Waals surface area contributed by atoms with Gasteiger partial charge in [0.2, 0.25) is 5.91 Å². The van der Waals surface area contributed by atoms with Crippen molar-refractivity contribution in [2.24, 2.45) is 11.8 Å². The summed E-state index contributed by atoms with van der Waals surface area (Å²) >= 11 is 0. The average molecular weight is 591 g/mol. The van der Waals surface area contributed by atoms with Gasteiger partial charge < -0.3 is 24.3 Å². The van der Waals surface area contributed by atoms with Crippen molar-refractivity contribution >= 4 is 28.7 Å². The van der Waals surface area contributed by atoms with Crippen LogP contribution in [0.25, 0.3) is 22.2 Å². The van der Waals surface area contributed by atoms with E-state index in [1.807, 2.05) is 61.5 Å². The van der Waals surface area contributed by atoms with Gasteiger partial charge in [-0.25, -0.2) is 9.78 Å². The van der Waals surface area contributed by atoms with E-state index in [4.69, 9.17) is 23.9 Å². The number of methoxy groups -OCH3 is 2. The molecule has 0 aliphatic heterocycles. The third-order valence-corrected chi connectivity index (χ3v) is 7.56. The summed E-state index contributed by atoms with van der Waals surface area (Å²) in [6.45, 7) is 7.38. The van der Waals surface area contributed by atoms with Crippen molar-refractivity contribution in [3.63, 3.8) is 0 Å². The van der Waals surface area contributed by atoms with Gasteiger partial charge in [-0.3, -0.25) is 9.59 Å². The van der Waals surface area contributed by atoms with Gasteiger partial charge in [-0.2, -0.15) is 0 Å². The van der Waals surface area contributed by atoms with Crippen LogP contribution in [-0.2, 0) is 23.9 Å². The standard InChI is InChI=1S/C34H42N2O7/c1-7-8-14-27(33(39)43-34(2,3)4)36-31(37)25-17-23(18-26(25)32(38)41-6)42-30-20-28(21-12-10-9-11-13-21)35-29-19-22(40-5)15-16-24(29)30/h9-13,15-16,19-20,23,25-27H,7-8,14,17-18H2,1-6H3,(H,36,37)/t23-,25-,26-,27+/m1/s1. The highest BCUT2D eigenvalue weighted by Gasteiger charge is 2.45. The highest BCUT2D eigenvalue weighted by Crippen LogP contribution is 2.39. The summed E-state index contributed by atoms with van der Waals surface area (Å²) in [4.78, 5) is 44.3. The Morgan fingerprint density at radius 3 is 2.37 bits per heavy atom. The van der Waals surface area contributed by atoms with Crippen molar-refractivity contribution in [2.45, 2.75) is 77.5 Å². The zero-order valence-electron chi connectivity index (χ0n) is 25.8. The Morgan fingerprint density at radius 2 is 1.72 bits per heavy atom. The molecule has 0 radical (unpaired) electrons. The number of esters is 2. The normalized spacial score (nSPS) is 19.0. The molecule has 4 rings (SSSR count). The molecule has 0 unspecified atom stereocenters. The van der Waals surface area contributed by atoms with Crippen LogP contribution in [0, 0.1) is 11.8 Å². The Morgan fingerprint density at radius 1 is 1.00 bits per heavy atom. The molecular weight excluding hydrogens is 548 g/mol. The van der Waals surface area contributed by atoms with Gasteiger partial charge in [-0.1, -0.05) is 50.1 Å². The van der Waals surface area contributed by atoms with Gasteiger partial charge in [0.15, 0.2) is 0 Å². The van der Waals surface area contributed by atoms with Gasteiger partial charge in [0, 0.05) is 23.1 Å². The Labute approximate surface area is 253 Å². The number of aromatic nitrogens is 1. The molecule has 1 fully saturated rings. The minimum absolute atomic E-state index is 0.279. The number of amides is 1. The number of pyridine rings is 1. The molecule has 1 saturated carbocycles. The number of ether oxygens (including phenoxy) is 4. The van der Waals surface area contributed by atoms with Crippen LogP contribution in [0.3, 0.4) is 0 Å². The van der Waals surface area contributed by atoms with Crippen LogP contribution in [0.15, 0.2) is 54.6 Å². The largest absolute Gasteiger partial charge is 0.497 e. The minimum atomic E-state index is -0.808. The van der Waals surface area contributed by atoms with Crippen molar-refractivity contribution < 1.29 is 33.3 Å². The number of benzene rings is 2. The third kappa shape index (κ3) is 8.03.